The van der Waals surface area contributed by atoms with Gasteiger partial charge in [-0.3, -0.25) is 4.98 Å². The first-order chi connectivity index (χ1) is 10.2. The molecule has 1 unspecified atom stereocenters. The van der Waals surface area contributed by atoms with Crippen molar-refractivity contribution in [3.8, 4) is 5.75 Å². The Morgan fingerprint density at radius 1 is 1.24 bits per heavy atom. The van der Waals surface area contributed by atoms with E-state index < -0.39 is 0 Å². The highest BCUT2D eigenvalue weighted by atomic mass is 16.5. The van der Waals surface area contributed by atoms with Gasteiger partial charge in [0.25, 0.3) is 0 Å². The third-order valence-electron chi connectivity index (χ3n) is 3.51. The number of aromatic nitrogens is 1. The Hall–Kier alpha value is -1.87. The van der Waals surface area contributed by atoms with Gasteiger partial charge in [-0.15, -0.1) is 0 Å². The van der Waals surface area contributed by atoms with E-state index in [1.165, 1.54) is 11.1 Å². The van der Waals surface area contributed by atoms with Crippen LogP contribution in [-0.2, 0) is 12.8 Å². The molecular weight excluding hydrogens is 260 g/mol. The molecule has 0 amide bonds. The largest absolute Gasteiger partial charge is 0.494 e. The van der Waals surface area contributed by atoms with Crippen molar-refractivity contribution < 1.29 is 4.74 Å². The van der Waals surface area contributed by atoms with Gasteiger partial charge in [0.15, 0.2) is 0 Å². The minimum atomic E-state index is 0.0785. The number of ether oxygens (including phenoxy) is 1. The molecule has 0 saturated heterocycles. The highest BCUT2D eigenvalue weighted by Crippen LogP contribution is 2.13. The molecule has 0 aliphatic rings. The van der Waals surface area contributed by atoms with Crippen molar-refractivity contribution in [1.29, 1.82) is 0 Å². The average Bonchev–Trinajstić information content (AvgIpc) is 2.48. The van der Waals surface area contributed by atoms with Gasteiger partial charge in [0.1, 0.15) is 5.75 Å². The van der Waals surface area contributed by atoms with Gasteiger partial charge in [-0.1, -0.05) is 25.1 Å². The SMILES string of the molecule is CCc1ccc(CC(N)CCOc2cccc(C)c2)nc1. The van der Waals surface area contributed by atoms with Gasteiger partial charge < -0.3 is 10.5 Å². The molecule has 0 saturated carbocycles. The van der Waals surface area contributed by atoms with E-state index in [-0.39, 0.29) is 6.04 Å². The summed E-state index contributed by atoms with van der Waals surface area (Å²) in [6, 6.07) is 12.3. The lowest BCUT2D eigenvalue weighted by molar-refractivity contribution is 0.297. The summed E-state index contributed by atoms with van der Waals surface area (Å²) in [5.41, 5.74) is 9.67. The zero-order valence-electron chi connectivity index (χ0n) is 12.9. The van der Waals surface area contributed by atoms with Crippen molar-refractivity contribution in [3.63, 3.8) is 0 Å². The molecule has 1 atom stereocenters. The fourth-order valence-electron chi connectivity index (χ4n) is 2.19. The Labute approximate surface area is 127 Å². The van der Waals surface area contributed by atoms with Crippen LogP contribution in [0.25, 0.3) is 0 Å². The lowest BCUT2D eigenvalue weighted by Gasteiger charge is -2.12. The second-order valence-electron chi connectivity index (χ2n) is 5.43. The van der Waals surface area contributed by atoms with E-state index in [0.29, 0.717) is 6.61 Å². The van der Waals surface area contributed by atoms with Crippen molar-refractivity contribution in [3.05, 3.63) is 59.4 Å². The minimum absolute atomic E-state index is 0.0785. The van der Waals surface area contributed by atoms with Gasteiger partial charge >= 0.3 is 0 Å². The van der Waals surface area contributed by atoms with E-state index in [1.807, 2.05) is 24.4 Å². The van der Waals surface area contributed by atoms with E-state index in [4.69, 9.17) is 10.5 Å². The predicted molar refractivity (Wildman–Crippen MR) is 86.6 cm³/mol. The predicted octanol–water partition coefficient (Wildman–Crippen LogP) is 3.29. The first-order valence-corrected chi connectivity index (χ1v) is 7.56. The lowest BCUT2D eigenvalue weighted by atomic mass is 10.1. The molecule has 21 heavy (non-hydrogen) atoms. The summed E-state index contributed by atoms with van der Waals surface area (Å²) in [6.07, 6.45) is 4.57. The molecule has 0 spiro atoms. The topological polar surface area (TPSA) is 48.1 Å². The summed E-state index contributed by atoms with van der Waals surface area (Å²) in [5, 5.41) is 0. The van der Waals surface area contributed by atoms with Gasteiger partial charge in [0.2, 0.25) is 0 Å². The van der Waals surface area contributed by atoms with E-state index in [9.17, 15) is 0 Å². The minimum Gasteiger partial charge on any atom is -0.494 e. The van der Waals surface area contributed by atoms with Gasteiger partial charge in [0.05, 0.1) is 6.61 Å². The Bertz CT molecular complexity index is 551. The second-order valence-corrected chi connectivity index (χ2v) is 5.43. The van der Waals surface area contributed by atoms with Crippen LogP contribution in [0.5, 0.6) is 5.75 Å². The van der Waals surface area contributed by atoms with Crippen LogP contribution in [0.1, 0.15) is 30.2 Å². The number of hydrogen-bond donors (Lipinski definition) is 1. The molecule has 0 aliphatic carbocycles. The molecule has 2 aromatic rings. The quantitative estimate of drug-likeness (QED) is 0.848. The maximum Gasteiger partial charge on any atom is 0.119 e. The molecule has 0 radical (unpaired) electrons. The van der Waals surface area contributed by atoms with Gasteiger partial charge in [-0.2, -0.15) is 0 Å². The summed E-state index contributed by atoms with van der Waals surface area (Å²) in [7, 11) is 0. The van der Waals surface area contributed by atoms with Crippen LogP contribution in [0.3, 0.4) is 0 Å². The Balaban J connectivity index is 1.75. The fraction of sp³-hybridized carbons (Fsp3) is 0.389. The number of pyridine rings is 1. The van der Waals surface area contributed by atoms with Gasteiger partial charge in [-0.05, 0) is 49.1 Å². The highest BCUT2D eigenvalue weighted by molar-refractivity contribution is 5.27. The maximum atomic E-state index is 6.15. The monoisotopic (exact) mass is 284 g/mol. The number of hydrogen-bond acceptors (Lipinski definition) is 3. The molecular formula is C18H24N2O. The third-order valence-corrected chi connectivity index (χ3v) is 3.51. The second kappa shape index (κ2) is 7.79. The molecule has 2 N–H and O–H groups in total. The number of benzene rings is 1. The van der Waals surface area contributed by atoms with E-state index in [1.54, 1.807) is 0 Å². The standard InChI is InChI=1S/C18H24N2O/c1-3-15-7-8-17(20-13-15)12-16(19)9-10-21-18-6-4-5-14(2)11-18/h4-8,11,13,16H,3,9-10,12,19H2,1-2H3. The summed E-state index contributed by atoms with van der Waals surface area (Å²) in [4.78, 5) is 4.45. The molecule has 2 rings (SSSR count). The summed E-state index contributed by atoms with van der Waals surface area (Å²) in [6.45, 7) is 4.83. The Morgan fingerprint density at radius 2 is 2.10 bits per heavy atom. The van der Waals surface area contributed by atoms with Crippen molar-refractivity contribution in [1.82, 2.24) is 4.98 Å². The third kappa shape index (κ3) is 5.20. The van der Waals surface area contributed by atoms with Crippen LogP contribution in [0.15, 0.2) is 42.6 Å². The molecule has 0 fully saturated rings. The lowest BCUT2D eigenvalue weighted by Crippen LogP contribution is -2.25. The molecule has 0 bridgehead atoms. The van der Waals surface area contributed by atoms with E-state index in [2.05, 4.69) is 37.0 Å². The molecule has 1 aromatic carbocycles. The zero-order valence-corrected chi connectivity index (χ0v) is 12.9. The summed E-state index contributed by atoms with van der Waals surface area (Å²) < 4.78 is 5.73. The smallest absolute Gasteiger partial charge is 0.119 e. The van der Waals surface area contributed by atoms with Crippen LogP contribution in [0.2, 0.25) is 0 Å². The van der Waals surface area contributed by atoms with Crippen molar-refractivity contribution in [2.24, 2.45) is 5.73 Å². The average molecular weight is 284 g/mol. The summed E-state index contributed by atoms with van der Waals surface area (Å²) >= 11 is 0. The molecule has 0 aliphatic heterocycles. The first-order valence-electron chi connectivity index (χ1n) is 7.56. The first kappa shape index (κ1) is 15.5. The maximum absolute atomic E-state index is 6.15. The molecule has 1 aromatic heterocycles. The number of nitrogens with zero attached hydrogens (tertiary/aromatic N) is 1. The van der Waals surface area contributed by atoms with E-state index >= 15 is 0 Å². The van der Waals surface area contributed by atoms with Crippen molar-refractivity contribution >= 4 is 0 Å². The molecule has 3 heteroatoms. The highest BCUT2D eigenvalue weighted by Gasteiger charge is 2.06. The Kier molecular flexibility index (Phi) is 5.76. The van der Waals surface area contributed by atoms with Crippen LogP contribution in [-0.4, -0.2) is 17.6 Å². The molecule has 1 heterocycles. The van der Waals surface area contributed by atoms with E-state index in [0.717, 1.165) is 30.7 Å². The van der Waals surface area contributed by atoms with Crippen LogP contribution in [0, 0.1) is 6.92 Å². The van der Waals surface area contributed by atoms with Crippen molar-refractivity contribution in [2.75, 3.05) is 6.61 Å². The normalized spacial score (nSPS) is 12.1. The van der Waals surface area contributed by atoms with Gasteiger partial charge in [-0.25, -0.2) is 0 Å². The zero-order chi connectivity index (χ0) is 15.1. The number of nitrogens with two attached hydrogens (primary N) is 1. The Morgan fingerprint density at radius 3 is 2.76 bits per heavy atom. The van der Waals surface area contributed by atoms with Gasteiger partial charge in [0, 0.05) is 24.4 Å². The van der Waals surface area contributed by atoms with Crippen LogP contribution in [0.4, 0.5) is 0 Å². The molecule has 112 valence electrons. The van der Waals surface area contributed by atoms with Crippen LogP contribution < -0.4 is 10.5 Å². The van der Waals surface area contributed by atoms with Crippen molar-refractivity contribution in [2.45, 2.75) is 39.2 Å². The summed E-state index contributed by atoms with van der Waals surface area (Å²) in [5.74, 6) is 0.910. The van der Waals surface area contributed by atoms with Crippen LogP contribution >= 0.6 is 0 Å². The molecule has 3 nitrogen and oxygen atoms in total. The fourth-order valence-corrected chi connectivity index (χ4v) is 2.19. The number of aryl methyl sites for hydroxylation is 2. The number of rotatable bonds is 7.